The van der Waals surface area contributed by atoms with E-state index in [9.17, 15) is 8.42 Å². The molecule has 21 heavy (non-hydrogen) atoms. The van der Waals surface area contributed by atoms with Crippen LogP contribution >= 0.6 is 0 Å². The van der Waals surface area contributed by atoms with Crippen LogP contribution in [0.2, 0.25) is 0 Å². The van der Waals surface area contributed by atoms with Crippen molar-refractivity contribution in [2.75, 3.05) is 44.9 Å². The van der Waals surface area contributed by atoms with E-state index in [0.717, 1.165) is 18.2 Å². The Morgan fingerprint density at radius 2 is 2.10 bits per heavy atom. The Morgan fingerprint density at radius 1 is 1.38 bits per heavy atom. The summed E-state index contributed by atoms with van der Waals surface area (Å²) in [7, 11) is -0.457. The first-order valence-corrected chi connectivity index (χ1v) is 8.49. The second kappa shape index (κ2) is 6.64. The average Bonchev–Trinajstić information content (AvgIpc) is 3.23. The zero-order valence-electron chi connectivity index (χ0n) is 12.5. The Labute approximate surface area is 126 Å². The molecule has 3 N–H and O–H groups in total. The summed E-state index contributed by atoms with van der Waals surface area (Å²) in [5.74, 6) is 0.755. The van der Waals surface area contributed by atoms with E-state index in [1.807, 2.05) is 0 Å². The monoisotopic (exact) mass is 313 g/mol. The first-order chi connectivity index (χ1) is 9.91. The zero-order chi connectivity index (χ0) is 15.5. The summed E-state index contributed by atoms with van der Waals surface area (Å²) in [6, 6.07) is 4.72. The van der Waals surface area contributed by atoms with E-state index in [2.05, 4.69) is 5.32 Å². The molecular weight excluding hydrogens is 290 g/mol. The number of anilines is 2. The van der Waals surface area contributed by atoms with Crippen molar-refractivity contribution in [2.24, 2.45) is 5.92 Å². The van der Waals surface area contributed by atoms with E-state index in [-0.39, 0.29) is 4.90 Å². The predicted octanol–water partition coefficient (Wildman–Crippen LogP) is 1.36. The third kappa shape index (κ3) is 4.33. The van der Waals surface area contributed by atoms with E-state index < -0.39 is 10.0 Å². The molecule has 0 atom stereocenters. The van der Waals surface area contributed by atoms with Crippen molar-refractivity contribution in [3.8, 4) is 0 Å². The van der Waals surface area contributed by atoms with Gasteiger partial charge in [-0.3, -0.25) is 0 Å². The maximum atomic E-state index is 12.0. The fraction of sp³-hybridized carbons (Fsp3) is 0.571. The van der Waals surface area contributed by atoms with E-state index in [1.165, 1.54) is 37.3 Å². The van der Waals surface area contributed by atoms with Gasteiger partial charge in [0, 0.05) is 27.2 Å². The molecule has 0 saturated heterocycles. The normalized spacial score (nSPS) is 15.4. The summed E-state index contributed by atoms with van der Waals surface area (Å²) in [4.78, 5) is 0.195. The molecule has 0 amide bonds. The van der Waals surface area contributed by atoms with Gasteiger partial charge in [0.05, 0.1) is 22.9 Å². The van der Waals surface area contributed by atoms with Gasteiger partial charge in [0.1, 0.15) is 0 Å². The molecule has 6 nitrogen and oxygen atoms in total. The van der Waals surface area contributed by atoms with Gasteiger partial charge in [-0.25, -0.2) is 12.7 Å². The first-order valence-electron chi connectivity index (χ1n) is 7.05. The smallest absolute Gasteiger partial charge is 0.242 e. The Bertz CT molecular complexity index is 583. The second-order valence-electron chi connectivity index (χ2n) is 5.48. The Morgan fingerprint density at radius 3 is 2.67 bits per heavy atom. The average molecular weight is 313 g/mol. The minimum atomic E-state index is -3.45. The summed E-state index contributed by atoms with van der Waals surface area (Å²) in [5.41, 5.74) is 7.05. The highest BCUT2D eigenvalue weighted by Gasteiger charge is 2.21. The second-order valence-corrected chi connectivity index (χ2v) is 7.63. The number of nitrogens with two attached hydrogens (primary N) is 1. The van der Waals surface area contributed by atoms with Crippen LogP contribution in [0.3, 0.4) is 0 Å². The number of ether oxygens (including phenoxy) is 1. The number of nitrogens with one attached hydrogen (secondary N) is 1. The maximum absolute atomic E-state index is 12.0. The highest BCUT2D eigenvalue weighted by molar-refractivity contribution is 7.89. The van der Waals surface area contributed by atoms with Gasteiger partial charge in [-0.05, 0) is 37.0 Å². The SMILES string of the molecule is CN(C)S(=O)(=O)c1ccc(NCCOCC2CC2)c(N)c1. The van der Waals surface area contributed by atoms with Crippen molar-refractivity contribution in [3.63, 3.8) is 0 Å². The van der Waals surface area contributed by atoms with Crippen molar-refractivity contribution < 1.29 is 13.2 Å². The Balaban J connectivity index is 1.89. The standard InChI is InChI=1S/C14H23N3O3S/c1-17(2)21(18,19)12-5-6-14(13(15)9-12)16-7-8-20-10-11-3-4-11/h5-6,9,11,16H,3-4,7-8,10,15H2,1-2H3. The minimum Gasteiger partial charge on any atom is -0.397 e. The van der Waals surface area contributed by atoms with Gasteiger partial charge >= 0.3 is 0 Å². The highest BCUT2D eigenvalue weighted by Crippen LogP contribution is 2.28. The number of sulfonamides is 1. The van der Waals surface area contributed by atoms with E-state index >= 15 is 0 Å². The Kier molecular flexibility index (Phi) is 5.08. The lowest BCUT2D eigenvalue weighted by molar-refractivity contribution is 0.134. The lowest BCUT2D eigenvalue weighted by Crippen LogP contribution is -2.22. The van der Waals surface area contributed by atoms with Gasteiger partial charge in [0.2, 0.25) is 10.0 Å². The molecule has 0 aromatic heterocycles. The van der Waals surface area contributed by atoms with Gasteiger partial charge in [-0.1, -0.05) is 0 Å². The Hall–Kier alpha value is -1.31. The van der Waals surface area contributed by atoms with Crippen LogP contribution in [0, 0.1) is 5.92 Å². The lowest BCUT2D eigenvalue weighted by atomic mass is 10.2. The van der Waals surface area contributed by atoms with Crippen molar-refractivity contribution >= 4 is 21.4 Å². The summed E-state index contributed by atoms with van der Waals surface area (Å²) < 4.78 is 30.7. The van der Waals surface area contributed by atoms with Gasteiger partial charge in [0.15, 0.2) is 0 Å². The van der Waals surface area contributed by atoms with Crippen molar-refractivity contribution in [2.45, 2.75) is 17.7 Å². The molecule has 0 spiro atoms. The van der Waals surface area contributed by atoms with E-state index in [4.69, 9.17) is 10.5 Å². The van der Waals surface area contributed by atoms with Crippen LogP contribution in [0.5, 0.6) is 0 Å². The van der Waals surface area contributed by atoms with Gasteiger partial charge in [-0.15, -0.1) is 0 Å². The van der Waals surface area contributed by atoms with Crippen LogP contribution < -0.4 is 11.1 Å². The van der Waals surface area contributed by atoms with E-state index in [0.29, 0.717) is 18.8 Å². The van der Waals surface area contributed by atoms with Crippen LogP contribution in [0.25, 0.3) is 0 Å². The topological polar surface area (TPSA) is 84.7 Å². The molecule has 0 unspecified atom stereocenters. The number of benzene rings is 1. The van der Waals surface area contributed by atoms with Crippen molar-refractivity contribution in [3.05, 3.63) is 18.2 Å². The van der Waals surface area contributed by atoms with Crippen LogP contribution in [0.1, 0.15) is 12.8 Å². The van der Waals surface area contributed by atoms with Crippen molar-refractivity contribution in [1.29, 1.82) is 0 Å². The summed E-state index contributed by atoms with van der Waals surface area (Å²) in [5, 5.41) is 3.16. The predicted molar refractivity (Wildman–Crippen MR) is 83.8 cm³/mol. The van der Waals surface area contributed by atoms with Gasteiger partial charge in [0.25, 0.3) is 0 Å². The number of nitrogens with zero attached hydrogens (tertiary/aromatic N) is 1. The van der Waals surface area contributed by atoms with Gasteiger partial charge < -0.3 is 15.8 Å². The number of rotatable bonds is 8. The quantitative estimate of drug-likeness (QED) is 0.559. The molecule has 1 aliphatic rings. The molecule has 7 heteroatoms. The molecule has 0 radical (unpaired) electrons. The largest absolute Gasteiger partial charge is 0.397 e. The molecule has 1 aliphatic carbocycles. The molecule has 2 rings (SSSR count). The third-order valence-electron chi connectivity index (χ3n) is 3.41. The molecule has 0 aliphatic heterocycles. The fourth-order valence-corrected chi connectivity index (χ4v) is 2.80. The molecular formula is C14H23N3O3S. The summed E-state index contributed by atoms with van der Waals surface area (Å²) >= 11 is 0. The van der Waals surface area contributed by atoms with Gasteiger partial charge in [-0.2, -0.15) is 0 Å². The first kappa shape index (κ1) is 16.1. The summed E-state index contributed by atoms with van der Waals surface area (Å²) in [6.07, 6.45) is 2.56. The zero-order valence-corrected chi connectivity index (χ0v) is 13.3. The molecule has 1 saturated carbocycles. The third-order valence-corrected chi connectivity index (χ3v) is 5.23. The fourth-order valence-electron chi connectivity index (χ4n) is 1.87. The van der Waals surface area contributed by atoms with Crippen LogP contribution in [-0.2, 0) is 14.8 Å². The van der Waals surface area contributed by atoms with Crippen LogP contribution in [0.15, 0.2) is 23.1 Å². The number of nitrogen functional groups attached to an aromatic ring is 1. The number of hydrogen-bond acceptors (Lipinski definition) is 5. The maximum Gasteiger partial charge on any atom is 0.242 e. The van der Waals surface area contributed by atoms with E-state index in [1.54, 1.807) is 12.1 Å². The molecule has 1 aromatic carbocycles. The minimum absolute atomic E-state index is 0.195. The lowest BCUT2D eigenvalue weighted by Gasteiger charge is -2.14. The molecule has 0 bridgehead atoms. The molecule has 118 valence electrons. The molecule has 1 fully saturated rings. The highest BCUT2D eigenvalue weighted by atomic mass is 32.2. The number of hydrogen-bond donors (Lipinski definition) is 2. The van der Waals surface area contributed by atoms with Crippen LogP contribution in [-0.4, -0.2) is 46.6 Å². The van der Waals surface area contributed by atoms with Crippen LogP contribution in [0.4, 0.5) is 11.4 Å². The van der Waals surface area contributed by atoms with Crippen molar-refractivity contribution in [1.82, 2.24) is 4.31 Å². The molecule has 0 heterocycles. The molecule has 1 aromatic rings. The summed E-state index contributed by atoms with van der Waals surface area (Å²) in [6.45, 7) is 2.10.